The molecule has 1 aromatic heterocycles. The molecule has 7 rings (SSSR count). The molecular weight excluding hydrogens is 456 g/mol. The molecule has 1 aliphatic heterocycles. The van der Waals surface area contributed by atoms with E-state index in [4.69, 9.17) is 0 Å². The van der Waals surface area contributed by atoms with Gasteiger partial charge in [-0.2, -0.15) is 0 Å². The van der Waals surface area contributed by atoms with Gasteiger partial charge in [-0.3, -0.25) is 14.6 Å². The highest BCUT2D eigenvalue weighted by Gasteiger charge is 2.35. The molecule has 0 saturated carbocycles. The van der Waals surface area contributed by atoms with Crippen LogP contribution in [0.2, 0.25) is 0 Å². The number of aromatic nitrogens is 1. The molecule has 1 atom stereocenters. The summed E-state index contributed by atoms with van der Waals surface area (Å²) < 4.78 is 0. The molecule has 0 spiro atoms. The number of imide groups is 1. The summed E-state index contributed by atoms with van der Waals surface area (Å²) in [4.78, 5) is 32.6. The first-order valence-electron chi connectivity index (χ1n) is 12.4. The fraction of sp³-hybridized carbons (Fsp3) is 0.0606. The Morgan fingerprint density at radius 3 is 2.14 bits per heavy atom. The molecular formula is C33H22N2O2. The number of nitrogens with zero attached hydrogens (tertiary/aromatic N) is 2. The fourth-order valence-corrected chi connectivity index (χ4v) is 5.83. The Labute approximate surface area is 214 Å². The first-order valence-corrected chi connectivity index (χ1v) is 12.4. The lowest BCUT2D eigenvalue weighted by Gasteiger charge is -2.29. The van der Waals surface area contributed by atoms with Gasteiger partial charge in [-0.15, -0.1) is 0 Å². The lowest BCUT2D eigenvalue weighted by molar-refractivity contribution is 0.0893. The van der Waals surface area contributed by atoms with Crippen LogP contribution in [0, 0.1) is 0 Å². The number of carbonyl (C=O) groups excluding carboxylic acids is 2. The molecule has 37 heavy (non-hydrogen) atoms. The number of hydrogen-bond acceptors (Lipinski definition) is 3. The third kappa shape index (κ3) is 3.26. The van der Waals surface area contributed by atoms with E-state index in [-0.39, 0.29) is 17.7 Å². The SMILES string of the molecule is O=C1c2cccc3c(C4=CCC(c5ccncc5)c5ccccc54)ccc(c23)C(=O)N1c1ccccc1. The summed E-state index contributed by atoms with van der Waals surface area (Å²) >= 11 is 0. The molecule has 0 N–H and O–H groups in total. The minimum atomic E-state index is -0.290. The highest BCUT2D eigenvalue weighted by molar-refractivity contribution is 6.36. The molecule has 2 heterocycles. The number of pyridine rings is 1. The number of hydrogen-bond donors (Lipinski definition) is 0. The van der Waals surface area contributed by atoms with Crippen molar-refractivity contribution in [3.05, 3.63) is 149 Å². The summed E-state index contributed by atoms with van der Waals surface area (Å²) in [6, 6.07) is 31.5. The molecule has 5 aromatic rings. The van der Waals surface area contributed by atoms with Gasteiger partial charge in [0.05, 0.1) is 5.69 Å². The Kier molecular flexibility index (Phi) is 4.86. The van der Waals surface area contributed by atoms with Gasteiger partial charge in [-0.1, -0.05) is 66.7 Å². The maximum Gasteiger partial charge on any atom is 0.265 e. The Hall–Kier alpha value is -4.83. The minimum absolute atomic E-state index is 0.255. The lowest BCUT2D eigenvalue weighted by Crippen LogP contribution is -2.40. The minimum Gasteiger partial charge on any atom is -0.268 e. The molecule has 4 nitrogen and oxygen atoms in total. The van der Waals surface area contributed by atoms with Gasteiger partial charge < -0.3 is 0 Å². The number of amides is 2. The van der Waals surface area contributed by atoms with Crippen molar-refractivity contribution in [2.24, 2.45) is 0 Å². The maximum atomic E-state index is 13.6. The number of fused-ring (bicyclic) bond motifs is 1. The number of benzene rings is 4. The number of anilines is 1. The number of carbonyl (C=O) groups is 2. The molecule has 1 unspecified atom stereocenters. The van der Waals surface area contributed by atoms with Crippen molar-refractivity contribution in [2.75, 3.05) is 4.90 Å². The van der Waals surface area contributed by atoms with Crippen molar-refractivity contribution in [3.8, 4) is 0 Å². The summed E-state index contributed by atoms with van der Waals surface area (Å²) in [7, 11) is 0. The van der Waals surface area contributed by atoms with Crippen LogP contribution in [0.5, 0.6) is 0 Å². The third-order valence-electron chi connectivity index (χ3n) is 7.50. The van der Waals surface area contributed by atoms with Gasteiger partial charge in [0.2, 0.25) is 0 Å². The van der Waals surface area contributed by atoms with Crippen LogP contribution in [0.25, 0.3) is 16.3 Å². The second kappa shape index (κ2) is 8.38. The van der Waals surface area contributed by atoms with E-state index in [0.29, 0.717) is 16.8 Å². The van der Waals surface area contributed by atoms with E-state index in [0.717, 1.165) is 28.3 Å². The number of para-hydroxylation sites is 1. The summed E-state index contributed by atoms with van der Waals surface area (Å²) in [5, 5.41) is 1.66. The molecule has 0 bridgehead atoms. The molecule has 2 aliphatic rings. The van der Waals surface area contributed by atoms with Gasteiger partial charge in [0.25, 0.3) is 11.8 Å². The molecule has 0 fully saturated rings. The average Bonchev–Trinajstić information content (AvgIpc) is 2.96. The first-order chi connectivity index (χ1) is 18.2. The van der Waals surface area contributed by atoms with Crippen molar-refractivity contribution < 1.29 is 9.59 Å². The van der Waals surface area contributed by atoms with E-state index >= 15 is 0 Å². The zero-order valence-corrected chi connectivity index (χ0v) is 20.0. The predicted octanol–water partition coefficient (Wildman–Crippen LogP) is 7.00. The topological polar surface area (TPSA) is 50.3 Å². The number of rotatable bonds is 3. The molecule has 1 aliphatic carbocycles. The summed E-state index contributed by atoms with van der Waals surface area (Å²) in [6.45, 7) is 0. The lowest BCUT2D eigenvalue weighted by atomic mass is 9.76. The third-order valence-corrected chi connectivity index (χ3v) is 7.50. The zero-order valence-electron chi connectivity index (χ0n) is 20.0. The second-order valence-corrected chi connectivity index (χ2v) is 9.44. The zero-order chi connectivity index (χ0) is 24.9. The van der Waals surface area contributed by atoms with Crippen molar-refractivity contribution in [1.82, 2.24) is 4.98 Å². The Morgan fingerprint density at radius 1 is 0.649 bits per heavy atom. The van der Waals surface area contributed by atoms with Crippen LogP contribution in [-0.2, 0) is 0 Å². The van der Waals surface area contributed by atoms with E-state index in [1.165, 1.54) is 21.6 Å². The highest BCUT2D eigenvalue weighted by atomic mass is 16.2. The van der Waals surface area contributed by atoms with Crippen LogP contribution in [0.1, 0.15) is 55.3 Å². The summed E-state index contributed by atoms with van der Waals surface area (Å²) in [6.07, 6.45) is 6.84. The molecule has 2 amide bonds. The molecule has 0 saturated heterocycles. The smallest absolute Gasteiger partial charge is 0.265 e. The monoisotopic (exact) mass is 478 g/mol. The maximum absolute atomic E-state index is 13.6. The van der Waals surface area contributed by atoms with Crippen molar-refractivity contribution in [3.63, 3.8) is 0 Å². The average molecular weight is 479 g/mol. The Balaban J connectivity index is 1.39. The Morgan fingerprint density at radius 2 is 1.32 bits per heavy atom. The van der Waals surface area contributed by atoms with Gasteiger partial charge in [0, 0.05) is 34.8 Å². The van der Waals surface area contributed by atoms with Crippen molar-refractivity contribution in [2.45, 2.75) is 12.3 Å². The highest BCUT2D eigenvalue weighted by Crippen LogP contribution is 2.44. The van der Waals surface area contributed by atoms with Gasteiger partial charge in [-0.25, -0.2) is 4.90 Å². The van der Waals surface area contributed by atoms with Gasteiger partial charge in [0.1, 0.15) is 0 Å². The van der Waals surface area contributed by atoms with Crippen LogP contribution >= 0.6 is 0 Å². The second-order valence-electron chi connectivity index (χ2n) is 9.44. The van der Waals surface area contributed by atoms with Crippen molar-refractivity contribution >= 4 is 33.8 Å². The molecule has 4 heteroatoms. The molecule has 4 aromatic carbocycles. The van der Waals surface area contributed by atoms with Crippen LogP contribution in [-0.4, -0.2) is 16.8 Å². The standard InChI is InChI=1S/C33H22N2O2/c36-32-29-12-6-11-28-27(15-16-30(31(28)29)33(37)35(32)22-7-2-1-3-8-22)26-14-13-23(21-17-19-34-20-18-21)24-9-4-5-10-25(24)26/h1-12,14-20,23H,13H2. The van der Waals surface area contributed by atoms with Gasteiger partial charge in [0.15, 0.2) is 0 Å². The summed E-state index contributed by atoms with van der Waals surface area (Å²) in [5.74, 6) is -0.324. The van der Waals surface area contributed by atoms with Crippen LogP contribution in [0.4, 0.5) is 5.69 Å². The quantitative estimate of drug-likeness (QED) is 0.262. The van der Waals surface area contributed by atoms with Crippen LogP contribution in [0.15, 0.2) is 116 Å². The fourth-order valence-electron chi connectivity index (χ4n) is 5.83. The van der Waals surface area contributed by atoms with Crippen LogP contribution in [0.3, 0.4) is 0 Å². The normalized spacial score (nSPS) is 16.5. The largest absolute Gasteiger partial charge is 0.268 e. The molecule has 0 radical (unpaired) electrons. The first kappa shape index (κ1) is 21.5. The Bertz CT molecular complexity index is 1720. The van der Waals surface area contributed by atoms with E-state index < -0.39 is 0 Å². The van der Waals surface area contributed by atoms with E-state index in [2.05, 4.69) is 47.5 Å². The van der Waals surface area contributed by atoms with E-state index in [9.17, 15) is 9.59 Å². The number of allylic oxidation sites excluding steroid dienone is 1. The van der Waals surface area contributed by atoms with E-state index in [1.54, 1.807) is 12.1 Å². The van der Waals surface area contributed by atoms with Gasteiger partial charge in [-0.05, 0) is 76.0 Å². The molecule has 176 valence electrons. The van der Waals surface area contributed by atoms with Crippen LogP contribution < -0.4 is 4.90 Å². The van der Waals surface area contributed by atoms with E-state index in [1.807, 2.05) is 60.9 Å². The van der Waals surface area contributed by atoms with Gasteiger partial charge >= 0.3 is 0 Å². The summed E-state index contributed by atoms with van der Waals surface area (Å²) in [5.41, 5.74) is 7.55. The van der Waals surface area contributed by atoms with Crippen molar-refractivity contribution in [1.29, 1.82) is 0 Å². The predicted molar refractivity (Wildman–Crippen MR) is 146 cm³/mol.